The highest BCUT2D eigenvalue weighted by atomic mass is 16.6. The molecule has 3 heterocycles. The van der Waals surface area contributed by atoms with Gasteiger partial charge in [-0.15, -0.1) is 0 Å². The lowest BCUT2D eigenvalue weighted by atomic mass is 10.1. The largest absolute Gasteiger partial charge is 0.453 e. The first-order chi connectivity index (χ1) is 17.8. The van der Waals surface area contributed by atoms with Gasteiger partial charge < -0.3 is 35.5 Å². The van der Waals surface area contributed by atoms with Crippen LogP contribution in [-0.2, 0) is 19.0 Å². The topological polar surface area (TPSA) is 187 Å². The number of hydrogen-bond acceptors (Lipinski definition) is 11. The Morgan fingerprint density at radius 2 is 2.11 bits per heavy atom. The number of imidazole rings is 1. The van der Waals surface area contributed by atoms with Gasteiger partial charge in [-0.05, 0) is 32.1 Å². The number of aliphatic hydroxyl groups excluding tert-OH is 2. The van der Waals surface area contributed by atoms with E-state index in [2.05, 4.69) is 32.1 Å². The Morgan fingerprint density at radius 3 is 2.81 bits per heavy atom. The van der Waals surface area contributed by atoms with Gasteiger partial charge in [-0.25, -0.2) is 19.7 Å². The summed E-state index contributed by atoms with van der Waals surface area (Å²) in [5.74, 6) is 5.24. The van der Waals surface area contributed by atoms with Gasteiger partial charge >= 0.3 is 6.09 Å². The number of carbonyl (C=O) groups excluding carboxylic acids is 2. The van der Waals surface area contributed by atoms with Gasteiger partial charge in [0, 0.05) is 25.8 Å². The maximum absolute atomic E-state index is 12.4. The van der Waals surface area contributed by atoms with E-state index >= 15 is 0 Å². The van der Waals surface area contributed by atoms with E-state index in [-0.39, 0.29) is 35.4 Å². The molecule has 2 aliphatic rings. The normalized spacial score (nSPS) is 22.9. The first-order valence-corrected chi connectivity index (χ1v) is 12.1. The number of methoxy groups -OCH3 is 1. The summed E-state index contributed by atoms with van der Waals surface area (Å²) in [6.45, 7) is 3.44. The third-order valence-electron chi connectivity index (χ3n) is 5.97. The minimum Gasteiger partial charge on any atom is -0.453 e. The lowest BCUT2D eigenvalue weighted by Gasteiger charge is -2.18. The zero-order chi connectivity index (χ0) is 26.5. The van der Waals surface area contributed by atoms with E-state index in [0.717, 1.165) is 12.8 Å². The van der Waals surface area contributed by atoms with Gasteiger partial charge in [-0.3, -0.25) is 14.3 Å². The van der Waals surface area contributed by atoms with Gasteiger partial charge in [0.25, 0.3) is 5.91 Å². The van der Waals surface area contributed by atoms with Gasteiger partial charge in [0.2, 0.25) is 5.82 Å². The van der Waals surface area contributed by atoms with Gasteiger partial charge in [0.05, 0.1) is 20.0 Å². The van der Waals surface area contributed by atoms with Gasteiger partial charge in [-0.2, -0.15) is 0 Å². The van der Waals surface area contributed by atoms with Crippen LogP contribution in [0.25, 0.3) is 11.2 Å². The fourth-order valence-corrected chi connectivity index (χ4v) is 3.88. The molecule has 14 heteroatoms. The summed E-state index contributed by atoms with van der Waals surface area (Å²) < 4.78 is 17.2. The summed E-state index contributed by atoms with van der Waals surface area (Å²) in [4.78, 5) is 38.6. The minimum atomic E-state index is -1.44. The van der Waals surface area contributed by atoms with Crippen molar-refractivity contribution in [3.05, 3.63) is 12.2 Å². The minimum absolute atomic E-state index is 0.0469. The van der Waals surface area contributed by atoms with E-state index in [1.54, 1.807) is 0 Å². The predicted molar refractivity (Wildman–Crippen MR) is 129 cm³/mol. The number of ether oxygens (including phenoxy) is 3. The molecule has 0 unspecified atom stereocenters. The number of anilines is 1. The highest BCUT2D eigenvalue weighted by molar-refractivity contribution is 5.83. The molecule has 2 aromatic heterocycles. The third kappa shape index (κ3) is 6.08. The molecule has 2 amide bonds. The van der Waals surface area contributed by atoms with Crippen LogP contribution in [0, 0.1) is 11.8 Å². The molecule has 1 aliphatic heterocycles. The average molecular weight is 518 g/mol. The van der Waals surface area contributed by atoms with Crippen molar-refractivity contribution in [2.45, 2.75) is 56.8 Å². The number of carbonyl (C=O) groups is 2. The molecule has 200 valence electrons. The summed E-state index contributed by atoms with van der Waals surface area (Å²) in [6.07, 6.45) is -2.05. The molecule has 37 heavy (non-hydrogen) atoms. The zero-order valence-electron chi connectivity index (χ0n) is 20.7. The Kier molecular flexibility index (Phi) is 8.39. The summed E-state index contributed by atoms with van der Waals surface area (Å²) in [7, 11) is 1.29. The van der Waals surface area contributed by atoms with Crippen molar-refractivity contribution in [1.82, 2.24) is 29.7 Å². The fraction of sp³-hybridized carbons (Fsp3) is 0.609. The molecule has 1 saturated heterocycles. The monoisotopic (exact) mass is 517 g/mol. The van der Waals surface area contributed by atoms with E-state index < -0.39 is 36.5 Å². The molecule has 0 radical (unpaired) electrons. The first kappa shape index (κ1) is 26.6. The smallest absolute Gasteiger partial charge is 0.410 e. The summed E-state index contributed by atoms with van der Waals surface area (Å²) in [5.41, 5.74) is 6.50. The van der Waals surface area contributed by atoms with Crippen LogP contribution < -0.4 is 11.1 Å². The lowest BCUT2D eigenvalue weighted by molar-refractivity contribution is -0.137. The number of nitrogens with one attached hydrogen (secondary N) is 1. The van der Waals surface area contributed by atoms with Crippen LogP contribution in [0.5, 0.6) is 0 Å². The van der Waals surface area contributed by atoms with Crippen LogP contribution in [0.1, 0.15) is 38.2 Å². The third-order valence-corrected chi connectivity index (χ3v) is 5.97. The number of hydrogen-bond donors (Lipinski definition) is 4. The second-order valence-electron chi connectivity index (χ2n) is 8.71. The highest BCUT2D eigenvalue weighted by Crippen LogP contribution is 2.33. The Hall–Kier alpha value is -3.51. The maximum atomic E-state index is 12.4. The van der Waals surface area contributed by atoms with Crippen LogP contribution >= 0.6 is 0 Å². The van der Waals surface area contributed by atoms with Crippen LogP contribution in [0.4, 0.5) is 10.6 Å². The molecule has 0 bridgehead atoms. The van der Waals surface area contributed by atoms with Gasteiger partial charge in [0.1, 0.15) is 17.7 Å². The number of nitrogens with two attached hydrogens (primary N) is 1. The molecular weight excluding hydrogens is 486 g/mol. The van der Waals surface area contributed by atoms with Crippen LogP contribution in [-0.4, -0.2) is 104 Å². The number of aromatic nitrogens is 4. The van der Waals surface area contributed by atoms with Crippen molar-refractivity contribution in [3.63, 3.8) is 0 Å². The molecule has 1 saturated carbocycles. The SMILES string of the molecule is CCOCCCN(CC#Cc1nc(N)c2ncn([C@@H]3O[C@H](C(=O)NC4CC4)[C@@H](O)[C@H]3O)c2n1)C(=O)OC. The molecule has 4 rings (SSSR count). The second-order valence-corrected chi connectivity index (χ2v) is 8.71. The van der Waals surface area contributed by atoms with Crippen molar-refractivity contribution in [3.8, 4) is 11.8 Å². The summed E-state index contributed by atoms with van der Waals surface area (Å²) in [6, 6.07) is 0.0713. The molecule has 0 aromatic carbocycles. The maximum Gasteiger partial charge on any atom is 0.410 e. The average Bonchev–Trinajstić information content (AvgIpc) is 3.52. The number of nitrogens with zero attached hydrogens (tertiary/aromatic N) is 5. The molecule has 2 fully saturated rings. The number of amides is 2. The molecule has 4 atom stereocenters. The molecule has 2 aromatic rings. The summed E-state index contributed by atoms with van der Waals surface area (Å²) in [5, 5.41) is 23.8. The van der Waals surface area contributed by atoms with E-state index in [0.29, 0.717) is 26.2 Å². The number of aliphatic hydroxyl groups is 2. The number of rotatable bonds is 9. The first-order valence-electron chi connectivity index (χ1n) is 12.1. The second kappa shape index (κ2) is 11.7. The fourth-order valence-electron chi connectivity index (χ4n) is 3.88. The predicted octanol–water partition coefficient (Wildman–Crippen LogP) is -0.847. The number of nitrogen functional groups attached to an aromatic ring is 1. The van der Waals surface area contributed by atoms with Crippen LogP contribution in [0.15, 0.2) is 6.33 Å². The molecular formula is C23H31N7O7. The molecule has 14 nitrogen and oxygen atoms in total. The van der Waals surface area contributed by atoms with E-state index in [9.17, 15) is 19.8 Å². The van der Waals surface area contributed by atoms with Crippen molar-refractivity contribution in [2.75, 3.05) is 39.1 Å². The van der Waals surface area contributed by atoms with Crippen molar-refractivity contribution in [1.29, 1.82) is 0 Å². The molecule has 1 aliphatic carbocycles. The Bertz CT molecular complexity index is 1190. The van der Waals surface area contributed by atoms with Gasteiger partial charge in [0.15, 0.2) is 23.8 Å². The zero-order valence-corrected chi connectivity index (χ0v) is 20.7. The highest BCUT2D eigenvalue weighted by Gasteiger charge is 2.48. The summed E-state index contributed by atoms with van der Waals surface area (Å²) >= 11 is 0. The standard InChI is InChI=1S/C23H31N7O7/c1-3-36-11-5-10-29(23(34)35-2)9-4-6-14-27-19(24)15-20(28-14)30(12-25-15)22-17(32)16(31)18(37-22)21(33)26-13-7-8-13/h12-13,16-18,22,31-32H,3,5,7-11H2,1-2H3,(H,26,33)(H2,24,27,28)/t16-,17+,18-,22+/m0/s1. The van der Waals surface area contributed by atoms with Crippen molar-refractivity contribution >= 4 is 29.0 Å². The Balaban J connectivity index is 1.51. The Labute approximate surface area is 213 Å². The van der Waals surface area contributed by atoms with Crippen molar-refractivity contribution < 1.29 is 34.0 Å². The van der Waals surface area contributed by atoms with Crippen LogP contribution in [0.2, 0.25) is 0 Å². The number of fused-ring (bicyclic) bond motifs is 1. The quantitative estimate of drug-likeness (QED) is 0.240. The van der Waals surface area contributed by atoms with E-state index in [1.165, 1.54) is 22.9 Å². The van der Waals surface area contributed by atoms with E-state index in [1.807, 2.05) is 6.92 Å². The van der Waals surface area contributed by atoms with Gasteiger partial charge in [-0.1, -0.05) is 5.92 Å². The van der Waals surface area contributed by atoms with Crippen molar-refractivity contribution in [2.24, 2.45) is 0 Å². The Morgan fingerprint density at radius 1 is 1.32 bits per heavy atom. The van der Waals surface area contributed by atoms with Crippen LogP contribution in [0.3, 0.4) is 0 Å². The lowest BCUT2D eigenvalue weighted by Crippen LogP contribution is -2.43. The molecule has 5 N–H and O–H groups in total. The molecule has 0 spiro atoms. The van der Waals surface area contributed by atoms with E-state index in [4.69, 9.17) is 19.9 Å².